The minimum absolute atomic E-state index is 0.147. The number of pyridine rings is 1. The number of methoxy groups -OCH3 is 1. The number of hydrogen-bond donors (Lipinski definition) is 1. The van der Waals surface area contributed by atoms with E-state index < -0.39 is 0 Å². The van der Waals surface area contributed by atoms with Gasteiger partial charge in [0.25, 0.3) is 5.91 Å². The lowest BCUT2D eigenvalue weighted by Gasteiger charge is -2.12. The number of nitrogens with zero attached hydrogens (tertiary/aromatic N) is 1. The highest BCUT2D eigenvalue weighted by Gasteiger charge is 2.13. The fourth-order valence-electron chi connectivity index (χ4n) is 1.90. The largest absolute Gasteiger partial charge is 0.496 e. The van der Waals surface area contributed by atoms with Gasteiger partial charge in [-0.2, -0.15) is 0 Å². The fraction of sp³-hybridized carbons (Fsp3) is 0.188. The molecule has 7 heteroatoms. The molecule has 0 aliphatic carbocycles. The number of carbonyl (C=O) groups excluding carboxylic acids is 1. The Morgan fingerprint density at radius 1 is 1.35 bits per heavy atom. The first-order chi connectivity index (χ1) is 11.0. The van der Waals surface area contributed by atoms with Crippen molar-refractivity contribution in [3.8, 4) is 16.9 Å². The van der Waals surface area contributed by atoms with Gasteiger partial charge in [0.15, 0.2) is 0 Å². The Hall–Kier alpha value is -1.56. The van der Waals surface area contributed by atoms with E-state index in [0.29, 0.717) is 16.3 Å². The Kier molecular flexibility index (Phi) is 6.04. The molecule has 1 aromatic carbocycles. The van der Waals surface area contributed by atoms with Crippen LogP contribution in [0.2, 0.25) is 10.2 Å². The highest BCUT2D eigenvalue weighted by molar-refractivity contribution is 8.13. The predicted molar refractivity (Wildman–Crippen MR) is 99.0 cm³/mol. The summed E-state index contributed by atoms with van der Waals surface area (Å²) in [6.45, 7) is 1.91. The van der Waals surface area contributed by atoms with Gasteiger partial charge < -0.3 is 9.46 Å². The van der Waals surface area contributed by atoms with Gasteiger partial charge in [0.2, 0.25) is 0 Å². The normalized spacial score (nSPS) is 12.0. The molecule has 0 fully saturated rings. The van der Waals surface area contributed by atoms with Gasteiger partial charge in [-0.15, -0.1) is 10.7 Å². The molecule has 1 unspecified atom stereocenters. The van der Waals surface area contributed by atoms with Crippen LogP contribution in [0.15, 0.2) is 30.5 Å². The Labute approximate surface area is 147 Å². The van der Waals surface area contributed by atoms with E-state index >= 15 is 0 Å². The van der Waals surface area contributed by atoms with E-state index in [1.54, 1.807) is 37.6 Å². The summed E-state index contributed by atoms with van der Waals surface area (Å²) in [5.74, 6) is 0.417. The maximum absolute atomic E-state index is 12.2. The van der Waals surface area contributed by atoms with Crippen LogP contribution < -0.4 is 9.46 Å². The molecule has 122 valence electrons. The number of aromatic nitrogens is 1. The van der Waals surface area contributed by atoms with Gasteiger partial charge in [-0.05, 0) is 42.8 Å². The summed E-state index contributed by atoms with van der Waals surface area (Å²) in [7, 11) is 1.28. The molecule has 2 rings (SSSR count). The summed E-state index contributed by atoms with van der Waals surface area (Å²) in [5.41, 5.74) is 2.08. The lowest BCUT2D eigenvalue weighted by molar-refractivity contribution is 0.0984. The van der Waals surface area contributed by atoms with E-state index in [4.69, 9.17) is 27.9 Å². The predicted octanol–water partition coefficient (Wildman–Crippen LogP) is 4.43. The van der Waals surface area contributed by atoms with E-state index in [1.807, 2.05) is 18.5 Å². The zero-order valence-electron chi connectivity index (χ0n) is 12.9. The van der Waals surface area contributed by atoms with E-state index in [2.05, 4.69) is 9.71 Å². The first-order valence-electron chi connectivity index (χ1n) is 6.71. The Balaban J connectivity index is 2.40. The molecule has 0 spiro atoms. The van der Waals surface area contributed by atoms with Gasteiger partial charge in [-0.1, -0.05) is 23.2 Å². The van der Waals surface area contributed by atoms with Gasteiger partial charge >= 0.3 is 0 Å². The maximum atomic E-state index is 12.2. The van der Waals surface area contributed by atoms with Crippen LogP contribution in [0.4, 0.5) is 0 Å². The smallest absolute Gasteiger partial charge is 0.260 e. The number of ether oxygens (including phenoxy) is 1. The Morgan fingerprint density at radius 2 is 2.09 bits per heavy atom. The van der Waals surface area contributed by atoms with E-state index in [1.165, 1.54) is 0 Å². The van der Waals surface area contributed by atoms with Crippen molar-refractivity contribution >= 4 is 45.1 Å². The van der Waals surface area contributed by atoms with Crippen LogP contribution in [-0.2, 0) is 0 Å². The van der Waals surface area contributed by atoms with E-state index in [-0.39, 0.29) is 21.7 Å². The molecule has 23 heavy (non-hydrogen) atoms. The summed E-state index contributed by atoms with van der Waals surface area (Å²) in [6, 6.07) is 6.95. The summed E-state index contributed by atoms with van der Waals surface area (Å²) < 4.78 is 8.30. The van der Waals surface area contributed by atoms with Crippen molar-refractivity contribution in [3.63, 3.8) is 0 Å². The van der Waals surface area contributed by atoms with Crippen LogP contribution >= 0.6 is 33.9 Å². The molecule has 0 saturated heterocycles. The highest BCUT2D eigenvalue weighted by atomic mass is 35.5. The molecule has 1 amide bonds. The first kappa shape index (κ1) is 17.8. The summed E-state index contributed by atoms with van der Waals surface area (Å²) in [4.78, 5) is 16.2. The minimum Gasteiger partial charge on any atom is -0.496 e. The number of halogens is 2. The molecule has 1 aromatic heterocycles. The van der Waals surface area contributed by atoms with Gasteiger partial charge in [0, 0.05) is 22.9 Å². The molecule has 0 radical (unpaired) electrons. The van der Waals surface area contributed by atoms with Gasteiger partial charge in [0.1, 0.15) is 10.9 Å². The van der Waals surface area contributed by atoms with Crippen LogP contribution in [0.5, 0.6) is 5.75 Å². The first-order valence-corrected chi connectivity index (χ1v) is 9.16. The zero-order chi connectivity index (χ0) is 17.0. The fourth-order valence-corrected chi connectivity index (χ4v) is 2.70. The van der Waals surface area contributed by atoms with Crippen LogP contribution in [0.1, 0.15) is 17.3 Å². The molecular formula is C16H16Cl2N2O2S. The molecule has 0 saturated carbocycles. The molecule has 1 heterocycles. The van der Waals surface area contributed by atoms with Crippen LogP contribution in [-0.4, -0.2) is 29.6 Å². The van der Waals surface area contributed by atoms with Crippen molar-refractivity contribution in [3.05, 3.63) is 46.2 Å². The molecule has 0 aliphatic heterocycles. The second-order valence-corrected chi connectivity index (χ2v) is 7.19. The third-order valence-electron chi connectivity index (χ3n) is 3.18. The highest BCUT2D eigenvalue weighted by Crippen LogP contribution is 2.33. The SMILES string of the molecule is C/C=S(\C)NC(=O)c1ccc(-c2cnc(Cl)c(Cl)c2)c(OC)c1. The molecule has 1 atom stereocenters. The minimum atomic E-state index is -0.271. The summed E-state index contributed by atoms with van der Waals surface area (Å²) >= 11 is 11.9. The summed E-state index contributed by atoms with van der Waals surface area (Å²) in [5, 5.41) is 2.54. The number of carbonyl (C=O) groups is 1. The number of benzene rings is 1. The topological polar surface area (TPSA) is 51.2 Å². The average molecular weight is 371 g/mol. The van der Waals surface area contributed by atoms with Crippen molar-refractivity contribution in [2.75, 3.05) is 13.4 Å². The lowest BCUT2D eigenvalue weighted by Crippen LogP contribution is -2.17. The van der Waals surface area contributed by atoms with Crippen LogP contribution in [0, 0.1) is 0 Å². The van der Waals surface area contributed by atoms with Crippen molar-refractivity contribution in [2.24, 2.45) is 0 Å². The van der Waals surface area contributed by atoms with Crippen molar-refractivity contribution in [2.45, 2.75) is 6.92 Å². The molecular weight excluding hydrogens is 355 g/mol. The second kappa shape index (κ2) is 7.81. The van der Waals surface area contributed by atoms with Gasteiger partial charge in [-0.25, -0.2) is 4.98 Å². The van der Waals surface area contributed by atoms with Crippen LogP contribution in [0.25, 0.3) is 11.1 Å². The number of hydrogen-bond acceptors (Lipinski definition) is 3. The summed E-state index contributed by atoms with van der Waals surface area (Å²) in [6.07, 6.45) is 3.55. The number of nitrogens with one attached hydrogen (secondary N) is 1. The molecule has 1 N–H and O–H groups in total. The second-order valence-electron chi connectivity index (χ2n) is 4.64. The molecule has 4 nitrogen and oxygen atoms in total. The third kappa shape index (κ3) is 4.25. The van der Waals surface area contributed by atoms with Gasteiger partial charge in [-0.3, -0.25) is 4.79 Å². The van der Waals surface area contributed by atoms with Crippen LogP contribution in [0.3, 0.4) is 0 Å². The van der Waals surface area contributed by atoms with Crippen molar-refractivity contribution < 1.29 is 9.53 Å². The van der Waals surface area contributed by atoms with Gasteiger partial charge in [0.05, 0.1) is 12.1 Å². The Bertz CT molecular complexity index is 779. The molecule has 2 aromatic rings. The van der Waals surface area contributed by atoms with E-state index in [9.17, 15) is 4.79 Å². The Morgan fingerprint density at radius 3 is 2.70 bits per heavy atom. The molecule has 0 bridgehead atoms. The number of amides is 1. The quantitative estimate of drug-likeness (QED) is 0.639. The monoisotopic (exact) mass is 370 g/mol. The maximum Gasteiger partial charge on any atom is 0.260 e. The zero-order valence-corrected chi connectivity index (χ0v) is 15.2. The van der Waals surface area contributed by atoms with Crippen molar-refractivity contribution in [1.29, 1.82) is 0 Å². The number of rotatable bonds is 4. The third-order valence-corrected chi connectivity index (χ3v) is 5.08. The van der Waals surface area contributed by atoms with E-state index in [0.717, 1.165) is 11.1 Å². The standard InChI is InChI=1S/C16H16Cl2N2O2S/c1-4-23(3)20-16(21)10-5-6-12(14(8-10)22-2)11-7-13(17)15(18)19-9-11/h4-9H,1-3H3,(H,20,21). The molecule has 0 aliphatic rings. The lowest BCUT2D eigenvalue weighted by atomic mass is 10.0. The average Bonchev–Trinajstić information content (AvgIpc) is 2.56. The van der Waals surface area contributed by atoms with Crippen molar-refractivity contribution in [1.82, 2.24) is 9.71 Å².